The van der Waals surface area contributed by atoms with Gasteiger partial charge in [0.1, 0.15) is 29.5 Å². The molecule has 0 spiro atoms. The molecule has 0 radical (unpaired) electrons. The lowest BCUT2D eigenvalue weighted by molar-refractivity contribution is 0.0396. The average molecular weight is 524 g/mol. The number of benzene rings is 2. The van der Waals surface area contributed by atoms with Gasteiger partial charge in [-0.1, -0.05) is 13.8 Å². The molecule has 2 N–H and O–H groups in total. The van der Waals surface area contributed by atoms with Crippen LogP contribution in [-0.4, -0.2) is 47.9 Å². The molecule has 0 amide bonds. The van der Waals surface area contributed by atoms with Crippen molar-refractivity contribution in [2.45, 2.75) is 51.6 Å². The van der Waals surface area contributed by atoms with Crippen LogP contribution < -0.4 is 14.2 Å². The maximum absolute atomic E-state index is 14.0. The molecule has 4 rings (SSSR count). The number of carbonyl (C=O) groups is 1. The first-order valence-corrected chi connectivity index (χ1v) is 12.6. The van der Waals surface area contributed by atoms with E-state index in [0.29, 0.717) is 51.9 Å². The van der Waals surface area contributed by atoms with Crippen LogP contribution in [0.15, 0.2) is 42.5 Å². The molecular formula is C30H34FNO6. The lowest BCUT2D eigenvalue weighted by Crippen LogP contribution is -2.25. The second kappa shape index (κ2) is 10.7. The van der Waals surface area contributed by atoms with Gasteiger partial charge in [-0.15, -0.1) is 0 Å². The van der Waals surface area contributed by atoms with Gasteiger partial charge in [-0.25, -0.2) is 9.37 Å². The number of aliphatic hydroxyl groups excluding tert-OH is 1. The highest BCUT2D eigenvalue weighted by Gasteiger charge is 2.38. The number of halogens is 1. The van der Waals surface area contributed by atoms with E-state index in [1.807, 2.05) is 6.07 Å². The summed E-state index contributed by atoms with van der Waals surface area (Å²) in [6.45, 7) is 7.88. The van der Waals surface area contributed by atoms with Crippen LogP contribution >= 0.6 is 0 Å². The van der Waals surface area contributed by atoms with Crippen LogP contribution in [0.4, 0.5) is 4.39 Å². The molecule has 7 nitrogen and oxygen atoms in total. The number of hydrogen-bond acceptors (Lipinski definition) is 7. The van der Waals surface area contributed by atoms with E-state index < -0.39 is 5.60 Å². The fraction of sp³-hybridized carbons (Fsp3) is 0.400. The first-order chi connectivity index (χ1) is 18.0. The van der Waals surface area contributed by atoms with Crippen molar-refractivity contribution in [3.05, 3.63) is 70.7 Å². The molecule has 0 saturated carbocycles. The number of nitrogens with zero attached hydrogens (tertiary/aromatic N) is 1. The molecule has 3 aromatic rings. The van der Waals surface area contributed by atoms with Crippen molar-refractivity contribution >= 4 is 5.78 Å². The van der Waals surface area contributed by atoms with E-state index in [-0.39, 0.29) is 43.1 Å². The minimum Gasteiger partial charge on any atom is -0.493 e. The molecule has 0 aliphatic carbocycles. The standard InChI is InChI=1S/C30H34FNO6/c1-18-14-20(6-8-22(18)31)27-28-21(29(2,3)17-38-28)16-26(32-27)30(4,35)11-10-23(34)19-7-9-24(37-13-12-33)25(15-19)36-5/h6-9,14-16,33,35H,10-13,17H2,1-5H3. The van der Waals surface area contributed by atoms with Crippen LogP contribution in [0.3, 0.4) is 0 Å². The summed E-state index contributed by atoms with van der Waals surface area (Å²) in [5.74, 6) is 0.972. The summed E-state index contributed by atoms with van der Waals surface area (Å²) in [6.07, 6.45) is 0.197. The van der Waals surface area contributed by atoms with Gasteiger partial charge in [0, 0.05) is 28.5 Å². The van der Waals surface area contributed by atoms with Crippen molar-refractivity contribution in [2.24, 2.45) is 0 Å². The Morgan fingerprint density at radius 2 is 1.95 bits per heavy atom. The van der Waals surface area contributed by atoms with Gasteiger partial charge in [0.25, 0.3) is 0 Å². The Labute approximate surface area is 222 Å². The maximum Gasteiger partial charge on any atom is 0.163 e. The van der Waals surface area contributed by atoms with E-state index in [1.54, 1.807) is 44.2 Å². The molecule has 1 aliphatic rings. The Hall–Kier alpha value is -3.49. The predicted octanol–water partition coefficient (Wildman–Crippen LogP) is 5.12. The molecule has 38 heavy (non-hydrogen) atoms. The number of aryl methyl sites for hydroxylation is 1. The minimum atomic E-state index is -1.42. The first-order valence-electron chi connectivity index (χ1n) is 12.6. The third kappa shape index (κ3) is 5.51. The topological polar surface area (TPSA) is 98.1 Å². The fourth-order valence-electron chi connectivity index (χ4n) is 4.52. The lowest BCUT2D eigenvalue weighted by atomic mass is 9.83. The third-order valence-corrected chi connectivity index (χ3v) is 6.94. The number of aromatic nitrogens is 1. The van der Waals surface area contributed by atoms with E-state index in [1.165, 1.54) is 13.2 Å². The summed E-state index contributed by atoms with van der Waals surface area (Å²) >= 11 is 0. The van der Waals surface area contributed by atoms with Crippen molar-refractivity contribution in [1.29, 1.82) is 0 Å². The second-order valence-corrected chi connectivity index (χ2v) is 10.5. The molecule has 1 aliphatic heterocycles. The van der Waals surface area contributed by atoms with Crippen molar-refractivity contribution in [1.82, 2.24) is 4.98 Å². The maximum atomic E-state index is 14.0. The monoisotopic (exact) mass is 523 g/mol. The van der Waals surface area contributed by atoms with Crippen LogP contribution in [0, 0.1) is 12.7 Å². The highest BCUT2D eigenvalue weighted by molar-refractivity contribution is 5.96. The number of hydrogen-bond donors (Lipinski definition) is 2. The van der Waals surface area contributed by atoms with E-state index in [4.69, 9.17) is 24.3 Å². The highest BCUT2D eigenvalue weighted by Crippen LogP contribution is 2.46. The summed E-state index contributed by atoms with van der Waals surface area (Å²) in [6, 6.07) is 11.5. The van der Waals surface area contributed by atoms with E-state index in [2.05, 4.69) is 13.8 Å². The highest BCUT2D eigenvalue weighted by atomic mass is 19.1. The summed E-state index contributed by atoms with van der Waals surface area (Å²) in [4.78, 5) is 17.8. The van der Waals surface area contributed by atoms with Gasteiger partial charge in [0.05, 0.1) is 26.0 Å². The van der Waals surface area contributed by atoms with Crippen LogP contribution in [0.25, 0.3) is 11.3 Å². The first kappa shape index (κ1) is 27.5. The predicted molar refractivity (Wildman–Crippen MR) is 142 cm³/mol. The number of methoxy groups -OCH3 is 1. The third-order valence-electron chi connectivity index (χ3n) is 6.94. The molecule has 2 aromatic carbocycles. The second-order valence-electron chi connectivity index (χ2n) is 10.5. The van der Waals surface area contributed by atoms with Gasteiger partial charge in [-0.3, -0.25) is 4.79 Å². The molecule has 8 heteroatoms. The molecular weight excluding hydrogens is 489 g/mol. The zero-order valence-electron chi connectivity index (χ0n) is 22.4. The van der Waals surface area contributed by atoms with Crippen LogP contribution in [0.2, 0.25) is 0 Å². The van der Waals surface area contributed by atoms with Crippen LogP contribution in [-0.2, 0) is 11.0 Å². The Morgan fingerprint density at radius 1 is 1.18 bits per heavy atom. The minimum absolute atomic E-state index is 0.0661. The number of fused-ring (bicyclic) bond motifs is 1. The molecule has 1 unspecified atom stereocenters. The zero-order chi connectivity index (χ0) is 27.7. The quantitative estimate of drug-likeness (QED) is 0.356. The Bertz CT molecular complexity index is 1350. The van der Waals surface area contributed by atoms with Gasteiger partial charge in [0.15, 0.2) is 17.3 Å². The normalized spacial score (nSPS) is 15.4. The average Bonchev–Trinajstić information content (AvgIpc) is 3.21. The number of rotatable bonds is 10. The van der Waals surface area contributed by atoms with Crippen LogP contribution in [0.5, 0.6) is 17.2 Å². The Morgan fingerprint density at radius 3 is 2.63 bits per heavy atom. The molecule has 1 aromatic heterocycles. The van der Waals surface area contributed by atoms with E-state index in [0.717, 1.165) is 5.56 Å². The van der Waals surface area contributed by atoms with Crippen molar-refractivity contribution in [3.8, 4) is 28.5 Å². The van der Waals surface area contributed by atoms with Crippen molar-refractivity contribution < 1.29 is 33.6 Å². The summed E-state index contributed by atoms with van der Waals surface area (Å²) in [7, 11) is 1.48. The molecule has 0 fully saturated rings. The van der Waals surface area contributed by atoms with Gasteiger partial charge in [0.2, 0.25) is 0 Å². The smallest absolute Gasteiger partial charge is 0.163 e. The molecule has 2 heterocycles. The molecule has 0 saturated heterocycles. The lowest BCUT2D eigenvalue weighted by Gasteiger charge is -2.25. The number of ketones is 1. The largest absolute Gasteiger partial charge is 0.493 e. The number of pyridine rings is 1. The SMILES string of the molecule is COc1cc(C(=O)CCC(C)(O)c2cc3c(c(-c4ccc(F)c(C)c4)n2)OCC3(C)C)ccc1OCCO. The summed E-state index contributed by atoms with van der Waals surface area (Å²) < 4.78 is 30.8. The van der Waals surface area contributed by atoms with Gasteiger partial charge in [-0.2, -0.15) is 0 Å². The van der Waals surface area contributed by atoms with E-state index >= 15 is 0 Å². The van der Waals surface area contributed by atoms with E-state index in [9.17, 15) is 14.3 Å². The van der Waals surface area contributed by atoms with Crippen molar-refractivity contribution in [2.75, 3.05) is 26.9 Å². The van der Waals surface area contributed by atoms with Crippen molar-refractivity contribution in [3.63, 3.8) is 0 Å². The zero-order valence-corrected chi connectivity index (χ0v) is 22.4. The Balaban J connectivity index is 1.62. The number of carbonyl (C=O) groups excluding carboxylic acids is 1. The van der Waals surface area contributed by atoms with Gasteiger partial charge >= 0.3 is 0 Å². The molecule has 202 valence electrons. The fourth-order valence-corrected chi connectivity index (χ4v) is 4.52. The number of ether oxygens (including phenoxy) is 3. The molecule has 0 bridgehead atoms. The Kier molecular flexibility index (Phi) is 7.76. The van der Waals surface area contributed by atoms with Crippen LogP contribution in [0.1, 0.15) is 60.8 Å². The molecule has 1 atom stereocenters. The van der Waals surface area contributed by atoms with Gasteiger partial charge in [-0.05, 0) is 68.3 Å². The van der Waals surface area contributed by atoms with Gasteiger partial charge < -0.3 is 24.4 Å². The summed E-state index contributed by atoms with van der Waals surface area (Å²) in [5.41, 5.74) is 1.76. The number of Topliss-reactive ketones (excluding diaryl/α,β-unsaturated/α-hetero) is 1. The summed E-state index contributed by atoms with van der Waals surface area (Å²) in [5, 5.41) is 20.5. The number of aliphatic hydroxyl groups is 2.